The van der Waals surface area contributed by atoms with Gasteiger partial charge in [-0.15, -0.1) is 0 Å². The number of hydrogen-bond acceptors (Lipinski definition) is 3. The molecule has 0 unspecified atom stereocenters. The van der Waals surface area contributed by atoms with Gasteiger partial charge in [0, 0.05) is 0 Å². The van der Waals surface area contributed by atoms with E-state index in [9.17, 15) is 0 Å². The molecule has 3 heteroatoms. The maximum absolute atomic E-state index is 5.89. The molecule has 0 aliphatic heterocycles. The lowest BCUT2D eigenvalue weighted by molar-refractivity contribution is 0.427. The van der Waals surface area contributed by atoms with Gasteiger partial charge in [0.05, 0.1) is 11.3 Å². The van der Waals surface area contributed by atoms with Gasteiger partial charge in [-0.25, -0.2) is 0 Å². The van der Waals surface area contributed by atoms with Gasteiger partial charge < -0.3 is 10.3 Å². The molecule has 0 fully saturated rings. The highest BCUT2D eigenvalue weighted by atomic mass is 16.5. The second-order valence-corrected chi connectivity index (χ2v) is 4.44. The van der Waals surface area contributed by atoms with Crippen molar-refractivity contribution in [1.82, 2.24) is 5.16 Å². The van der Waals surface area contributed by atoms with Crippen molar-refractivity contribution in [3.05, 3.63) is 35.0 Å². The molecule has 0 bridgehead atoms. The molecule has 0 saturated heterocycles. The smallest absolute Gasteiger partial charge is 0.230 e. The normalized spacial score (nSPS) is 10.8. The van der Waals surface area contributed by atoms with Crippen molar-refractivity contribution in [2.75, 3.05) is 5.73 Å². The summed E-state index contributed by atoms with van der Waals surface area (Å²) < 4.78 is 5.13. The van der Waals surface area contributed by atoms with Crippen molar-refractivity contribution >= 4 is 5.88 Å². The highest BCUT2D eigenvalue weighted by Crippen LogP contribution is 2.33. The molecule has 0 atom stereocenters. The number of nitrogen functional groups attached to an aromatic ring is 1. The molecule has 1 aromatic heterocycles. The summed E-state index contributed by atoms with van der Waals surface area (Å²) in [5, 5.41) is 4.05. The molecule has 0 saturated carbocycles. The first kappa shape index (κ1) is 11.7. The third-order valence-corrected chi connectivity index (χ3v) is 2.94. The first-order valence-electron chi connectivity index (χ1n) is 5.95. The van der Waals surface area contributed by atoms with E-state index in [0.29, 0.717) is 5.88 Å². The molecule has 2 rings (SSSR count). The van der Waals surface area contributed by atoms with Gasteiger partial charge >= 0.3 is 0 Å². The molecule has 0 radical (unpaired) electrons. The summed E-state index contributed by atoms with van der Waals surface area (Å²) in [6.07, 6.45) is 1.92. The zero-order valence-corrected chi connectivity index (χ0v) is 10.6. The van der Waals surface area contributed by atoms with Crippen LogP contribution in [0, 0.1) is 13.8 Å². The molecule has 0 aliphatic rings. The second kappa shape index (κ2) is 4.62. The van der Waals surface area contributed by atoms with Crippen LogP contribution in [-0.4, -0.2) is 5.16 Å². The van der Waals surface area contributed by atoms with Gasteiger partial charge in [0.25, 0.3) is 0 Å². The Morgan fingerprint density at radius 3 is 2.76 bits per heavy atom. The van der Waals surface area contributed by atoms with E-state index in [-0.39, 0.29) is 0 Å². The van der Waals surface area contributed by atoms with Gasteiger partial charge in [0.1, 0.15) is 0 Å². The average Bonchev–Trinajstić information content (AvgIpc) is 2.64. The van der Waals surface area contributed by atoms with Crippen LogP contribution in [0.5, 0.6) is 0 Å². The third-order valence-electron chi connectivity index (χ3n) is 2.94. The van der Waals surface area contributed by atoms with Crippen LogP contribution in [0.15, 0.2) is 22.7 Å². The molecule has 17 heavy (non-hydrogen) atoms. The topological polar surface area (TPSA) is 52.0 Å². The molecule has 3 nitrogen and oxygen atoms in total. The van der Waals surface area contributed by atoms with E-state index in [1.54, 1.807) is 0 Å². The van der Waals surface area contributed by atoms with Crippen LogP contribution in [0.1, 0.15) is 30.2 Å². The zero-order valence-electron chi connectivity index (χ0n) is 10.6. The minimum absolute atomic E-state index is 0.419. The van der Waals surface area contributed by atoms with Crippen molar-refractivity contribution in [3.8, 4) is 11.1 Å². The lowest BCUT2D eigenvalue weighted by Gasteiger charge is -2.07. The predicted molar refractivity (Wildman–Crippen MR) is 69.8 cm³/mol. The number of aromatic nitrogens is 1. The van der Waals surface area contributed by atoms with E-state index >= 15 is 0 Å². The first-order chi connectivity index (χ1) is 8.13. The summed E-state index contributed by atoms with van der Waals surface area (Å²) in [6, 6.07) is 6.34. The third kappa shape index (κ3) is 2.18. The second-order valence-electron chi connectivity index (χ2n) is 4.44. The van der Waals surface area contributed by atoms with Crippen molar-refractivity contribution in [3.63, 3.8) is 0 Å². The largest absolute Gasteiger partial charge is 0.367 e. The van der Waals surface area contributed by atoms with E-state index < -0.39 is 0 Å². The molecular formula is C14H18N2O. The van der Waals surface area contributed by atoms with E-state index in [2.05, 4.69) is 44.1 Å². The quantitative estimate of drug-likeness (QED) is 0.878. The van der Waals surface area contributed by atoms with Crippen LogP contribution in [0.3, 0.4) is 0 Å². The number of anilines is 1. The highest BCUT2D eigenvalue weighted by molar-refractivity contribution is 5.77. The minimum Gasteiger partial charge on any atom is -0.367 e. The fraction of sp³-hybridized carbons (Fsp3) is 0.357. The number of hydrogen-bond donors (Lipinski definition) is 1. The van der Waals surface area contributed by atoms with E-state index in [4.69, 9.17) is 10.3 Å². The number of nitrogens with two attached hydrogens (primary N) is 1. The number of aryl methyl sites for hydroxylation is 3. The number of benzene rings is 1. The Morgan fingerprint density at radius 2 is 2.06 bits per heavy atom. The van der Waals surface area contributed by atoms with E-state index in [0.717, 1.165) is 29.7 Å². The van der Waals surface area contributed by atoms with Gasteiger partial charge in [-0.1, -0.05) is 42.3 Å². The monoisotopic (exact) mass is 230 g/mol. The molecule has 1 heterocycles. The van der Waals surface area contributed by atoms with Crippen molar-refractivity contribution in [1.29, 1.82) is 0 Å². The summed E-state index contributed by atoms with van der Waals surface area (Å²) in [4.78, 5) is 0. The summed E-state index contributed by atoms with van der Waals surface area (Å²) in [6.45, 7) is 6.28. The molecule has 1 aromatic carbocycles. The molecular weight excluding hydrogens is 212 g/mol. The fourth-order valence-corrected chi connectivity index (χ4v) is 2.04. The van der Waals surface area contributed by atoms with E-state index in [1.807, 2.05) is 0 Å². The van der Waals surface area contributed by atoms with Gasteiger partial charge in [0.15, 0.2) is 0 Å². The lowest BCUT2D eigenvalue weighted by Crippen LogP contribution is -1.93. The Morgan fingerprint density at radius 1 is 1.29 bits per heavy atom. The minimum atomic E-state index is 0.419. The lowest BCUT2D eigenvalue weighted by atomic mass is 9.97. The summed E-state index contributed by atoms with van der Waals surface area (Å²) >= 11 is 0. The SMILES string of the molecule is CCCc1noc(N)c1-c1cc(C)ccc1C. The molecule has 0 aliphatic carbocycles. The van der Waals surface area contributed by atoms with Gasteiger partial charge in [-0.3, -0.25) is 0 Å². The maximum atomic E-state index is 5.89. The Bertz CT molecular complexity index is 529. The van der Waals surface area contributed by atoms with Crippen molar-refractivity contribution in [2.45, 2.75) is 33.6 Å². The van der Waals surface area contributed by atoms with Crippen molar-refractivity contribution < 1.29 is 4.52 Å². The van der Waals surface area contributed by atoms with Gasteiger partial charge in [-0.05, 0) is 31.4 Å². The highest BCUT2D eigenvalue weighted by Gasteiger charge is 2.16. The van der Waals surface area contributed by atoms with Crippen molar-refractivity contribution in [2.24, 2.45) is 0 Å². The Labute approximate surface area is 102 Å². The molecule has 2 N–H and O–H groups in total. The molecule has 0 spiro atoms. The maximum Gasteiger partial charge on any atom is 0.230 e. The van der Waals surface area contributed by atoms with Gasteiger partial charge in [-0.2, -0.15) is 0 Å². The Balaban J connectivity index is 2.58. The van der Waals surface area contributed by atoms with Crippen LogP contribution in [0.2, 0.25) is 0 Å². The Hall–Kier alpha value is -1.77. The molecule has 2 aromatic rings. The van der Waals surface area contributed by atoms with Crippen LogP contribution in [0.4, 0.5) is 5.88 Å². The van der Waals surface area contributed by atoms with Crippen LogP contribution in [0.25, 0.3) is 11.1 Å². The fourth-order valence-electron chi connectivity index (χ4n) is 2.04. The van der Waals surface area contributed by atoms with Gasteiger partial charge in [0.2, 0.25) is 5.88 Å². The summed E-state index contributed by atoms with van der Waals surface area (Å²) in [7, 11) is 0. The summed E-state index contributed by atoms with van der Waals surface area (Å²) in [5.74, 6) is 0.419. The molecule has 90 valence electrons. The van der Waals surface area contributed by atoms with E-state index in [1.165, 1.54) is 11.1 Å². The summed E-state index contributed by atoms with van der Waals surface area (Å²) in [5.41, 5.74) is 11.4. The number of nitrogens with zero attached hydrogens (tertiary/aromatic N) is 1. The predicted octanol–water partition coefficient (Wildman–Crippen LogP) is 3.49. The Kier molecular flexibility index (Phi) is 3.18. The average molecular weight is 230 g/mol. The standard InChI is InChI=1S/C14H18N2O/c1-4-5-12-13(14(15)17-16-12)11-8-9(2)6-7-10(11)3/h6-8H,4-5,15H2,1-3H3. The number of rotatable bonds is 3. The first-order valence-corrected chi connectivity index (χ1v) is 5.95. The molecule has 0 amide bonds. The van der Waals surface area contributed by atoms with Crippen LogP contribution < -0.4 is 5.73 Å². The van der Waals surface area contributed by atoms with Crippen LogP contribution in [-0.2, 0) is 6.42 Å². The zero-order chi connectivity index (χ0) is 12.4. The van der Waals surface area contributed by atoms with Crippen LogP contribution >= 0.6 is 0 Å².